The number of hydrogen-bond acceptors (Lipinski definition) is 4. The molecule has 0 atom stereocenters. The third-order valence-electron chi connectivity index (χ3n) is 6.70. The standard InChI is InChI=1S/C27H35N5O/c1-17(2)14-31-10-8-21(9-11-31)33-22-6-7-24-23(13-22)25(18(3)4)26(30-24)20-12-19(5)27-28-16-29-32(27)15-20/h6-7,12-13,15-18,21,30H,8-11,14H2,1-5H3. The average Bonchev–Trinajstić information content (AvgIpc) is 3.39. The lowest BCUT2D eigenvalue weighted by molar-refractivity contribution is 0.0942. The second kappa shape index (κ2) is 8.82. The highest BCUT2D eigenvalue weighted by Crippen LogP contribution is 2.38. The highest BCUT2D eigenvalue weighted by Gasteiger charge is 2.22. The second-order valence-corrected chi connectivity index (χ2v) is 10.2. The van der Waals surface area contributed by atoms with E-state index in [9.17, 15) is 0 Å². The third kappa shape index (κ3) is 4.36. The first kappa shape index (κ1) is 22.0. The molecule has 3 aromatic heterocycles. The first-order valence-corrected chi connectivity index (χ1v) is 12.2. The minimum Gasteiger partial charge on any atom is -0.490 e. The third-order valence-corrected chi connectivity index (χ3v) is 6.70. The van der Waals surface area contributed by atoms with Crippen molar-refractivity contribution in [3.63, 3.8) is 0 Å². The van der Waals surface area contributed by atoms with E-state index < -0.39 is 0 Å². The van der Waals surface area contributed by atoms with Crippen molar-refractivity contribution in [1.82, 2.24) is 24.5 Å². The van der Waals surface area contributed by atoms with Crippen LogP contribution in [0.2, 0.25) is 0 Å². The number of nitrogens with one attached hydrogen (secondary N) is 1. The highest BCUT2D eigenvalue weighted by molar-refractivity contribution is 5.92. The fourth-order valence-corrected chi connectivity index (χ4v) is 5.24. The summed E-state index contributed by atoms with van der Waals surface area (Å²) in [6.45, 7) is 14.6. The van der Waals surface area contributed by atoms with E-state index in [-0.39, 0.29) is 0 Å². The molecule has 1 aliphatic heterocycles. The number of nitrogens with zero attached hydrogens (tertiary/aromatic N) is 4. The molecule has 1 saturated heterocycles. The van der Waals surface area contributed by atoms with Crippen LogP contribution in [-0.4, -0.2) is 50.2 Å². The number of hydrogen-bond donors (Lipinski definition) is 1. The summed E-state index contributed by atoms with van der Waals surface area (Å²) in [6, 6.07) is 8.70. The van der Waals surface area contributed by atoms with Crippen molar-refractivity contribution in [3.05, 3.63) is 47.9 Å². The van der Waals surface area contributed by atoms with Gasteiger partial charge in [0.15, 0.2) is 5.65 Å². The van der Waals surface area contributed by atoms with Crippen LogP contribution in [0.15, 0.2) is 36.8 Å². The van der Waals surface area contributed by atoms with Crippen molar-refractivity contribution >= 4 is 16.6 Å². The lowest BCUT2D eigenvalue weighted by Gasteiger charge is -2.33. The number of fused-ring (bicyclic) bond motifs is 2. The normalized spacial score (nSPS) is 16.0. The molecule has 174 valence electrons. The van der Waals surface area contributed by atoms with Gasteiger partial charge in [0.2, 0.25) is 0 Å². The van der Waals surface area contributed by atoms with E-state index in [1.165, 1.54) is 17.5 Å². The van der Waals surface area contributed by atoms with Gasteiger partial charge >= 0.3 is 0 Å². The van der Waals surface area contributed by atoms with Crippen molar-refractivity contribution in [2.45, 2.75) is 59.5 Å². The molecule has 6 heteroatoms. The minimum absolute atomic E-state index is 0.296. The zero-order valence-corrected chi connectivity index (χ0v) is 20.4. The Morgan fingerprint density at radius 1 is 1.12 bits per heavy atom. The largest absolute Gasteiger partial charge is 0.490 e. The summed E-state index contributed by atoms with van der Waals surface area (Å²) < 4.78 is 8.33. The first-order chi connectivity index (χ1) is 15.9. The van der Waals surface area contributed by atoms with Gasteiger partial charge < -0.3 is 14.6 Å². The Labute approximate surface area is 196 Å². The number of pyridine rings is 1. The Kier molecular flexibility index (Phi) is 5.87. The molecule has 0 amide bonds. The molecule has 0 bridgehead atoms. The summed E-state index contributed by atoms with van der Waals surface area (Å²) in [7, 11) is 0. The number of aromatic nitrogens is 4. The molecule has 4 aromatic rings. The number of benzene rings is 1. The summed E-state index contributed by atoms with van der Waals surface area (Å²) in [5.74, 6) is 2.06. The summed E-state index contributed by atoms with van der Waals surface area (Å²) in [5, 5.41) is 5.60. The Balaban J connectivity index is 1.44. The molecule has 6 nitrogen and oxygen atoms in total. The van der Waals surface area contributed by atoms with Gasteiger partial charge in [-0.1, -0.05) is 27.7 Å². The molecule has 0 saturated carbocycles. The zero-order chi connectivity index (χ0) is 23.1. The number of aromatic amines is 1. The average molecular weight is 446 g/mol. The Morgan fingerprint density at radius 3 is 2.64 bits per heavy atom. The predicted octanol–water partition coefficient (Wildman–Crippen LogP) is 5.81. The maximum Gasteiger partial charge on any atom is 0.158 e. The van der Waals surface area contributed by atoms with Gasteiger partial charge in [0.25, 0.3) is 0 Å². The lowest BCUT2D eigenvalue weighted by atomic mass is 9.96. The summed E-state index contributed by atoms with van der Waals surface area (Å²) in [6.07, 6.45) is 6.16. The number of aryl methyl sites for hydroxylation is 1. The van der Waals surface area contributed by atoms with Gasteiger partial charge in [-0.25, -0.2) is 9.50 Å². The van der Waals surface area contributed by atoms with Crippen molar-refractivity contribution in [3.8, 4) is 17.0 Å². The van der Waals surface area contributed by atoms with E-state index in [4.69, 9.17) is 4.74 Å². The van der Waals surface area contributed by atoms with E-state index in [1.807, 2.05) is 4.52 Å². The van der Waals surface area contributed by atoms with E-state index in [2.05, 4.69) is 85.0 Å². The monoisotopic (exact) mass is 445 g/mol. The van der Waals surface area contributed by atoms with Crippen molar-refractivity contribution in [1.29, 1.82) is 0 Å². The van der Waals surface area contributed by atoms with Crippen LogP contribution in [0.5, 0.6) is 5.75 Å². The van der Waals surface area contributed by atoms with E-state index in [0.717, 1.165) is 65.6 Å². The molecule has 0 spiro atoms. The topological polar surface area (TPSA) is 58.5 Å². The van der Waals surface area contributed by atoms with Crippen molar-refractivity contribution in [2.75, 3.05) is 19.6 Å². The predicted molar refractivity (Wildman–Crippen MR) is 134 cm³/mol. The minimum atomic E-state index is 0.296. The Bertz CT molecular complexity index is 1260. The van der Waals surface area contributed by atoms with Crippen LogP contribution in [0.25, 0.3) is 27.8 Å². The van der Waals surface area contributed by atoms with Crippen LogP contribution in [-0.2, 0) is 0 Å². The molecule has 1 N–H and O–H groups in total. The molecule has 33 heavy (non-hydrogen) atoms. The van der Waals surface area contributed by atoms with Crippen LogP contribution >= 0.6 is 0 Å². The zero-order valence-electron chi connectivity index (χ0n) is 20.4. The number of H-pyrrole nitrogens is 1. The summed E-state index contributed by atoms with van der Waals surface area (Å²) >= 11 is 0. The molecule has 1 aromatic carbocycles. The quantitative estimate of drug-likeness (QED) is 0.407. The smallest absolute Gasteiger partial charge is 0.158 e. The molecule has 4 heterocycles. The van der Waals surface area contributed by atoms with Gasteiger partial charge in [0, 0.05) is 42.3 Å². The second-order valence-electron chi connectivity index (χ2n) is 10.2. The summed E-state index contributed by atoms with van der Waals surface area (Å²) in [5.41, 5.74) is 6.76. The van der Waals surface area contributed by atoms with Crippen molar-refractivity contribution < 1.29 is 4.74 Å². The van der Waals surface area contributed by atoms with Gasteiger partial charge in [0.1, 0.15) is 18.2 Å². The van der Waals surface area contributed by atoms with Crippen LogP contribution in [0.4, 0.5) is 0 Å². The van der Waals surface area contributed by atoms with Gasteiger partial charge in [-0.3, -0.25) is 0 Å². The van der Waals surface area contributed by atoms with Crippen LogP contribution < -0.4 is 4.74 Å². The van der Waals surface area contributed by atoms with Gasteiger partial charge in [0.05, 0.1) is 5.69 Å². The Morgan fingerprint density at radius 2 is 1.91 bits per heavy atom. The van der Waals surface area contributed by atoms with Crippen LogP contribution in [0, 0.1) is 12.8 Å². The van der Waals surface area contributed by atoms with Gasteiger partial charge in [-0.2, -0.15) is 5.10 Å². The van der Waals surface area contributed by atoms with E-state index in [0.29, 0.717) is 12.0 Å². The van der Waals surface area contributed by atoms with Crippen molar-refractivity contribution in [2.24, 2.45) is 5.92 Å². The highest BCUT2D eigenvalue weighted by atomic mass is 16.5. The van der Waals surface area contributed by atoms with Gasteiger partial charge in [-0.05, 0) is 67.0 Å². The Hall–Kier alpha value is -2.86. The molecule has 0 radical (unpaired) electrons. The van der Waals surface area contributed by atoms with E-state index in [1.54, 1.807) is 6.33 Å². The molecular weight excluding hydrogens is 410 g/mol. The lowest BCUT2D eigenvalue weighted by Crippen LogP contribution is -2.39. The molecular formula is C27H35N5O. The summed E-state index contributed by atoms with van der Waals surface area (Å²) in [4.78, 5) is 10.6. The number of likely N-dealkylation sites (tertiary alicyclic amines) is 1. The molecule has 1 aliphatic rings. The molecule has 5 rings (SSSR count). The SMILES string of the molecule is Cc1cc(-c2[nH]c3ccc(OC4CCN(CC(C)C)CC4)cc3c2C(C)C)cn2ncnc12. The fourth-order valence-electron chi connectivity index (χ4n) is 5.24. The van der Waals surface area contributed by atoms with Crippen LogP contribution in [0.3, 0.4) is 0 Å². The fraction of sp³-hybridized carbons (Fsp3) is 0.481. The number of piperidine rings is 1. The maximum atomic E-state index is 6.47. The molecule has 0 unspecified atom stereocenters. The number of rotatable bonds is 6. The van der Waals surface area contributed by atoms with Gasteiger partial charge in [-0.15, -0.1) is 0 Å². The molecule has 0 aliphatic carbocycles. The number of ether oxygens (including phenoxy) is 1. The maximum absolute atomic E-state index is 6.47. The first-order valence-electron chi connectivity index (χ1n) is 12.2. The van der Waals surface area contributed by atoms with E-state index >= 15 is 0 Å². The molecule has 1 fully saturated rings. The van der Waals surface area contributed by atoms with Crippen LogP contribution in [0.1, 0.15) is 57.6 Å².